The van der Waals surface area contributed by atoms with E-state index < -0.39 is 41.4 Å². The Labute approximate surface area is 194 Å². The molecule has 3 atom stereocenters. The fourth-order valence-corrected chi connectivity index (χ4v) is 5.01. The molecule has 1 aliphatic heterocycles. The molecule has 1 aliphatic carbocycles. The molecule has 2 N–H and O–H groups in total. The summed E-state index contributed by atoms with van der Waals surface area (Å²) in [5.41, 5.74) is -3.27. The van der Waals surface area contributed by atoms with Crippen LogP contribution in [0.4, 0.5) is 26.3 Å². The number of halogens is 6. The van der Waals surface area contributed by atoms with Crippen molar-refractivity contribution in [2.45, 2.75) is 43.6 Å². The average molecular weight is 498 g/mol. The van der Waals surface area contributed by atoms with Crippen LogP contribution in [0, 0.1) is 5.92 Å². The van der Waals surface area contributed by atoms with Crippen molar-refractivity contribution < 1.29 is 31.1 Å². The molecule has 2 aromatic carbocycles. The number of piperidine rings is 1. The summed E-state index contributed by atoms with van der Waals surface area (Å²) < 4.78 is 85.7. The predicted molar refractivity (Wildman–Crippen MR) is 111 cm³/mol. The molecule has 5 rings (SSSR count). The summed E-state index contributed by atoms with van der Waals surface area (Å²) in [6.07, 6.45) is -9.23. The number of rotatable bonds is 6. The number of fused-ring (bicyclic) bond motifs is 1. The highest BCUT2D eigenvalue weighted by molar-refractivity contribution is 5.35. The lowest BCUT2D eigenvalue weighted by molar-refractivity contribution is -0.143. The SMILES string of the molecule is O=c1[nH]nc(CN2C[C@H]3C[C@]3(OCc3cc(C(F)(F)F)cc(C(F)(F)F)c3)[C@@H]2c2ccccc2)[nH]1. The number of benzene rings is 2. The summed E-state index contributed by atoms with van der Waals surface area (Å²) in [6.45, 7) is 0.465. The predicted octanol–water partition coefficient (Wildman–Crippen LogP) is 4.67. The van der Waals surface area contributed by atoms with Crippen LogP contribution < -0.4 is 5.69 Å². The minimum atomic E-state index is -4.92. The first-order valence-electron chi connectivity index (χ1n) is 10.8. The molecule has 1 aromatic heterocycles. The second-order valence-corrected chi connectivity index (χ2v) is 8.93. The topological polar surface area (TPSA) is 74.0 Å². The second kappa shape index (κ2) is 8.23. The van der Waals surface area contributed by atoms with E-state index in [1.165, 1.54) is 0 Å². The number of nitrogens with zero attached hydrogens (tertiary/aromatic N) is 2. The first-order chi connectivity index (χ1) is 16.5. The van der Waals surface area contributed by atoms with Crippen molar-refractivity contribution in [2.75, 3.05) is 6.54 Å². The molecular weight excluding hydrogens is 478 g/mol. The van der Waals surface area contributed by atoms with Crippen LogP contribution in [0.25, 0.3) is 0 Å². The molecule has 12 heteroatoms. The zero-order chi connectivity index (χ0) is 25.0. The Kier molecular flexibility index (Phi) is 5.55. The van der Waals surface area contributed by atoms with Crippen molar-refractivity contribution >= 4 is 0 Å². The van der Waals surface area contributed by atoms with Gasteiger partial charge in [-0.05, 0) is 35.7 Å². The summed E-state index contributed by atoms with van der Waals surface area (Å²) in [5, 5.41) is 6.25. The van der Waals surface area contributed by atoms with Gasteiger partial charge in [0, 0.05) is 12.5 Å². The van der Waals surface area contributed by atoms with Crippen LogP contribution in [0.1, 0.15) is 40.5 Å². The monoisotopic (exact) mass is 498 g/mol. The van der Waals surface area contributed by atoms with Crippen molar-refractivity contribution in [3.8, 4) is 0 Å². The molecule has 186 valence electrons. The van der Waals surface area contributed by atoms with Gasteiger partial charge < -0.3 is 4.74 Å². The van der Waals surface area contributed by atoms with Crippen molar-refractivity contribution in [3.05, 3.63) is 87.1 Å². The standard InChI is InChI=1S/C23H20F6N4O2/c24-22(25,26)15-6-13(7-16(8-15)23(27,28)29)12-35-21-9-17(21)10-33(11-18-30-20(34)32-31-18)19(21)14-4-2-1-3-5-14/h1-8,17,19H,9-12H2,(H2,30,31,32,34)/t17-,19+,21-/m1/s1. The van der Waals surface area contributed by atoms with Crippen LogP contribution in [0.3, 0.4) is 0 Å². The highest BCUT2D eigenvalue weighted by Gasteiger charge is 2.67. The number of aromatic nitrogens is 3. The first kappa shape index (κ1) is 23.6. The zero-order valence-corrected chi connectivity index (χ0v) is 18.1. The van der Waals surface area contributed by atoms with Gasteiger partial charge in [0.2, 0.25) is 0 Å². The molecule has 6 nitrogen and oxygen atoms in total. The Morgan fingerprint density at radius 1 is 1.03 bits per heavy atom. The summed E-state index contributed by atoms with van der Waals surface area (Å²) >= 11 is 0. The second-order valence-electron chi connectivity index (χ2n) is 8.93. The summed E-state index contributed by atoms with van der Waals surface area (Å²) in [6, 6.07) is 10.5. The lowest BCUT2D eigenvalue weighted by atomic mass is 9.99. The number of hydrogen-bond acceptors (Lipinski definition) is 4. The molecular formula is C23H20F6N4O2. The molecule has 0 bridgehead atoms. The van der Waals surface area contributed by atoms with Gasteiger partial charge in [0.15, 0.2) is 0 Å². The Balaban J connectivity index is 1.43. The number of likely N-dealkylation sites (tertiary alicyclic amines) is 1. The van der Waals surface area contributed by atoms with Crippen LogP contribution in [0.5, 0.6) is 0 Å². The molecule has 1 saturated heterocycles. The maximum atomic E-state index is 13.3. The van der Waals surface area contributed by atoms with Crippen molar-refractivity contribution in [3.63, 3.8) is 0 Å². The maximum absolute atomic E-state index is 13.3. The van der Waals surface area contributed by atoms with E-state index in [1.807, 2.05) is 35.2 Å². The molecule has 2 fully saturated rings. The molecule has 35 heavy (non-hydrogen) atoms. The van der Waals surface area contributed by atoms with Crippen LogP contribution in [0.2, 0.25) is 0 Å². The van der Waals surface area contributed by atoms with Gasteiger partial charge in [0.1, 0.15) is 5.82 Å². The molecule has 0 unspecified atom stereocenters. The normalized spacial score (nSPS) is 24.5. The molecule has 0 amide bonds. The Morgan fingerprint density at radius 2 is 1.69 bits per heavy atom. The van der Waals surface area contributed by atoms with E-state index in [4.69, 9.17) is 4.74 Å². The van der Waals surface area contributed by atoms with Gasteiger partial charge in [-0.2, -0.15) is 31.4 Å². The van der Waals surface area contributed by atoms with Crippen LogP contribution in [-0.4, -0.2) is 32.2 Å². The van der Waals surface area contributed by atoms with Crippen LogP contribution in [-0.2, 0) is 30.2 Å². The van der Waals surface area contributed by atoms with E-state index in [0.29, 0.717) is 37.5 Å². The van der Waals surface area contributed by atoms with Gasteiger partial charge in [-0.1, -0.05) is 30.3 Å². The van der Waals surface area contributed by atoms with Crippen LogP contribution in [0.15, 0.2) is 53.3 Å². The number of alkyl halides is 6. The summed E-state index contributed by atoms with van der Waals surface area (Å²) in [7, 11) is 0. The molecule has 2 aliphatic rings. The average Bonchev–Trinajstić information content (AvgIpc) is 3.16. The summed E-state index contributed by atoms with van der Waals surface area (Å²) in [5.74, 6) is 0.450. The van der Waals surface area contributed by atoms with Gasteiger partial charge in [-0.25, -0.2) is 9.89 Å². The van der Waals surface area contributed by atoms with E-state index >= 15 is 0 Å². The molecule has 0 spiro atoms. The quantitative estimate of drug-likeness (QED) is 0.485. The highest BCUT2D eigenvalue weighted by Crippen LogP contribution is 2.63. The Morgan fingerprint density at radius 3 is 2.26 bits per heavy atom. The smallest absolute Gasteiger partial charge is 0.368 e. The molecule has 2 heterocycles. The van der Waals surface area contributed by atoms with E-state index in [9.17, 15) is 31.1 Å². The van der Waals surface area contributed by atoms with Gasteiger partial charge in [-0.3, -0.25) is 9.88 Å². The third-order valence-corrected chi connectivity index (χ3v) is 6.55. The molecule has 3 aromatic rings. The van der Waals surface area contributed by atoms with Gasteiger partial charge in [0.25, 0.3) is 0 Å². The van der Waals surface area contributed by atoms with E-state index in [-0.39, 0.29) is 23.6 Å². The number of H-pyrrole nitrogens is 2. The third kappa shape index (κ3) is 4.59. The minimum absolute atomic E-state index is 0.0336. The Hall–Kier alpha value is -3.12. The molecule has 0 radical (unpaired) electrons. The van der Waals surface area contributed by atoms with Gasteiger partial charge in [-0.15, -0.1) is 0 Å². The largest absolute Gasteiger partial charge is 0.416 e. The number of nitrogens with one attached hydrogen (secondary N) is 2. The van der Waals surface area contributed by atoms with Gasteiger partial charge >= 0.3 is 18.0 Å². The number of ether oxygens (including phenoxy) is 1. The van der Waals surface area contributed by atoms with Gasteiger partial charge in [0.05, 0.1) is 35.9 Å². The Bertz CT molecular complexity index is 1240. The summed E-state index contributed by atoms with van der Waals surface area (Å²) in [4.78, 5) is 16.1. The maximum Gasteiger partial charge on any atom is 0.416 e. The third-order valence-electron chi connectivity index (χ3n) is 6.55. The lowest BCUT2D eigenvalue weighted by Gasteiger charge is -2.32. The van der Waals surface area contributed by atoms with Crippen molar-refractivity contribution in [1.82, 2.24) is 20.1 Å². The fraction of sp³-hybridized carbons (Fsp3) is 0.391. The van der Waals surface area contributed by atoms with E-state index in [1.54, 1.807) is 0 Å². The first-order valence-corrected chi connectivity index (χ1v) is 10.8. The van der Waals surface area contributed by atoms with E-state index in [0.717, 1.165) is 5.56 Å². The van der Waals surface area contributed by atoms with E-state index in [2.05, 4.69) is 15.2 Å². The zero-order valence-electron chi connectivity index (χ0n) is 18.1. The van der Waals surface area contributed by atoms with Crippen LogP contribution >= 0.6 is 0 Å². The number of aromatic amines is 2. The number of hydrogen-bond donors (Lipinski definition) is 2. The van der Waals surface area contributed by atoms with Crippen molar-refractivity contribution in [1.29, 1.82) is 0 Å². The lowest BCUT2D eigenvalue weighted by Crippen LogP contribution is -2.34. The molecule has 1 saturated carbocycles. The highest BCUT2D eigenvalue weighted by atomic mass is 19.4. The fourth-order valence-electron chi connectivity index (χ4n) is 5.01. The minimum Gasteiger partial charge on any atom is -0.368 e. The van der Waals surface area contributed by atoms with Crippen molar-refractivity contribution in [2.24, 2.45) is 5.92 Å².